The second kappa shape index (κ2) is 7.93. The smallest absolute Gasteiger partial charge is 0.169 e. The van der Waals surface area contributed by atoms with E-state index in [1.54, 1.807) is 0 Å². The zero-order chi connectivity index (χ0) is 12.7. The van der Waals surface area contributed by atoms with E-state index in [9.17, 15) is 0 Å². The number of hydrogen-bond donors (Lipinski definition) is 1. The van der Waals surface area contributed by atoms with E-state index in [0.29, 0.717) is 6.04 Å². The summed E-state index contributed by atoms with van der Waals surface area (Å²) in [6, 6.07) is 4.88. The molecule has 1 rings (SSSR count). The summed E-state index contributed by atoms with van der Waals surface area (Å²) in [6.45, 7) is 6.66. The Morgan fingerprint density at radius 3 is 2.53 bits per heavy atom. The van der Waals surface area contributed by atoms with Gasteiger partial charge in [0.1, 0.15) is 5.76 Å². The molecular weight excluding hydrogens is 278 g/mol. The number of nitrogens with one attached hydrogen (secondary N) is 1. The van der Waals surface area contributed by atoms with Crippen LogP contribution in [0.2, 0.25) is 0 Å². The molecule has 1 aromatic rings. The van der Waals surface area contributed by atoms with Crippen LogP contribution in [0.25, 0.3) is 0 Å². The van der Waals surface area contributed by atoms with Crippen molar-refractivity contribution in [2.24, 2.45) is 0 Å². The summed E-state index contributed by atoms with van der Waals surface area (Å²) in [7, 11) is 0. The molecule has 1 aromatic heterocycles. The van der Waals surface area contributed by atoms with Gasteiger partial charge in [-0.25, -0.2) is 0 Å². The van der Waals surface area contributed by atoms with Gasteiger partial charge in [-0.05, 0) is 47.8 Å². The van der Waals surface area contributed by atoms with Crippen LogP contribution in [0.5, 0.6) is 0 Å². The Hall–Kier alpha value is -0.280. The number of halogens is 1. The van der Waals surface area contributed by atoms with Crippen LogP contribution < -0.4 is 5.32 Å². The summed E-state index contributed by atoms with van der Waals surface area (Å²) in [5.74, 6) is 1.01. The molecule has 0 saturated carbocycles. The molecule has 2 atom stereocenters. The van der Waals surface area contributed by atoms with Gasteiger partial charge in [0.15, 0.2) is 4.67 Å². The summed E-state index contributed by atoms with van der Waals surface area (Å²) < 4.78 is 6.39. The molecule has 0 fully saturated rings. The number of furan rings is 1. The fourth-order valence-electron chi connectivity index (χ4n) is 2.11. The van der Waals surface area contributed by atoms with Crippen LogP contribution >= 0.6 is 15.9 Å². The van der Waals surface area contributed by atoms with E-state index in [1.165, 1.54) is 32.1 Å². The van der Waals surface area contributed by atoms with E-state index >= 15 is 0 Å². The molecule has 0 aliphatic rings. The minimum atomic E-state index is 0.287. The molecule has 0 bridgehead atoms. The predicted octanol–water partition coefficient (Wildman–Crippen LogP) is 5.05. The predicted molar refractivity (Wildman–Crippen MR) is 76.2 cm³/mol. The average Bonchev–Trinajstić information content (AvgIpc) is 2.73. The summed E-state index contributed by atoms with van der Waals surface area (Å²) in [5.41, 5.74) is 0. The Morgan fingerprint density at radius 1 is 1.24 bits per heavy atom. The highest BCUT2D eigenvalue weighted by atomic mass is 79.9. The molecule has 2 nitrogen and oxygen atoms in total. The molecule has 17 heavy (non-hydrogen) atoms. The SMILES string of the molecule is CCCCC(CCC)NC(C)c1ccc(Br)o1. The van der Waals surface area contributed by atoms with E-state index in [0.717, 1.165) is 10.4 Å². The highest BCUT2D eigenvalue weighted by Crippen LogP contribution is 2.21. The Labute approximate surface area is 113 Å². The molecule has 0 aliphatic carbocycles. The van der Waals surface area contributed by atoms with Crippen molar-refractivity contribution < 1.29 is 4.42 Å². The third-order valence-electron chi connectivity index (χ3n) is 3.05. The lowest BCUT2D eigenvalue weighted by molar-refractivity contribution is 0.352. The fourth-order valence-corrected chi connectivity index (χ4v) is 2.43. The maximum absolute atomic E-state index is 5.58. The van der Waals surface area contributed by atoms with E-state index in [1.807, 2.05) is 12.1 Å². The van der Waals surface area contributed by atoms with Crippen molar-refractivity contribution in [2.45, 2.75) is 65.0 Å². The molecule has 0 spiro atoms. The van der Waals surface area contributed by atoms with Crippen molar-refractivity contribution in [1.82, 2.24) is 5.32 Å². The van der Waals surface area contributed by atoms with Gasteiger partial charge in [0.25, 0.3) is 0 Å². The van der Waals surface area contributed by atoms with Crippen molar-refractivity contribution in [3.05, 3.63) is 22.6 Å². The molecule has 0 aromatic carbocycles. The highest BCUT2D eigenvalue weighted by molar-refractivity contribution is 9.10. The summed E-state index contributed by atoms with van der Waals surface area (Å²) >= 11 is 3.34. The van der Waals surface area contributed by atoms with Crippen LogP contribution in [0.1, 0.15) is 64.7 Å². The first-order chi connectivity index (χ1) is 8.17. The zero-order valence-corrected chi connectivity index (χ0v) is 12.7. The van der Waals surface area contributed by atoms with Gasteiger partial charge in [0.2, 0.25) is 0 Å². The van der Waals surface area contributed by atoms with Crippen LogP contribution in [-0.4, -0.2) is 6.04 Å². The Bertz CT molecular complexity index is 311. The number of unbranched alkanes of at least 4 members (excludes halogenated alkanes) is 1. The normalized spacial score (nSPS) is 14.8. The minimum Gasteiger partial charge on any atom is -0.453 e. The maximum Gasteiger partial charge on any atom is 0.169 e. The molecule has 0 radical (unpaired) electrons. The first-order valence-corrected chi connectivity index (χ1v) is 7.47. The van der Waals surface area contributed by atoms with Gasteiger partial charge in [-0.3, -0.25) is 0 Å². The quantitative estimate of drug-likeness (QED) is 0.726. The summed E-state index contributed by atoms with van der Waals surface area (Å²) in [4.78, 5) is 0. The number of hydrogen-bond acceptors (Lipinski definition) is 2. The van der Waals surface area contributed by atoms with Crippen LogP contribution in [0.3, 0.4) is 0 Å². The monoisotopic (exact) mass is 301 g/mol. The van der Waals surface area contributed by atoms with Crippen molar-refractivity contribution >= 4 is 15.9 Å². The van der Waals surface area contributed by atoms with Crippen molar-refractivity contribution in [1.29, 1.82) is 0 Å². The van der Waals surface area contributed by atoms with Gasteiger partial charge in [-0.1, -0.05) is 33.1 Å². The maximum atomic E-state index is 5.58. The van der Waals surface area contributed by atoms with E-state index < -0.39 is 0 Å². The third-order valence-corrected chi connectivity index (χ3v) is 3.48. The van der Waals surface area contributed by atoms with Crippen LogP contribution in [-0.2, 0) is 0 Å². The fraction of sp³-hybridized carbons (Fsp3) is 0.714. The van der Waals surface area contributed by atoms with Crippen LogP contribution in [0.15, 0.2) is 21.2 Å². The van der Waals surface area contributed by atoms with Crippen LogP contribution in [0.4, 0.5) is 0 Å². The average molecular weight is 302 g/mol. The van der Waals surface area contributed by atoms with Crippen molar-refractivity contribution in [3.63, 3.8) is 0 Å². The topological polar surface area (TPSA) is 25.2 Å². The van der Waals surface area contributed by atoms with Gasteiger partial charge in [0, 0.05) is 6.04 Å². The van der Waals surface area contributed by atoms with Gasteiger partial charge in [-0.2, -0.15) is 0 Å². The molecule has 1 heterocycles. The Balaban J connectivity index is 2.47. The molecule has 0 saturated heterocycles. The lowest BCUT2D eigenvalue weighted by Gasteiger charge is -2.21. The third kappa shape index (κ3) is 5.26. The number of rotatable bonds is 8. The summed E-state index contributed by atoms with van der Waals surface area (Å²) in [6.07, 6.45) is 6.30. The molecule has 98 valence electrons. The largest absolute Gasteiger partial charge is 0.453 e. The van der Waals surface area contributed by atoms with Crippen molar-refractivity contribution in [3.8, 4) is 0 Å². The van der Waals surface area contributed by atoms with E-state index in [-0.39, 0.29) is 6.04 Å². The Morgan fingerprint density at radius 2 is 2.00 bits per heavy atom. The molecular formula is C14H24BrNO. The highest BCUT2D eigenvalue weighted by Gasteiger charge is 2.14. The zero-order valence-electron chi connectivity index (χ0n) is 11.1. The second-order valence-electron chi connectivity index (χ2n) is 4.66. The molecule has 1 N–H and O–H groups in total. The molecule has 0 amide bonds. The lowest BCUT2D eigenvalue weighted by Crippen LogP contribution is -2.31. The summed E-state index contributed by atoms with van der Waals surface area (Å²) in [5, 5.41) is 3.67. The molecule has 3 heteroatoms. The van der Waals surface area contributed by atoms with Crippen molar-refractivity contribution in [2.75, 3.05) is 0 Å². The van der Waals surface area contributed by atoms with Crippen LogP contribution in [0, 0.1) is 0 Å². The minimum absolute atomic E-state index is 0.287. The standard InChI is InChI=1S/C14H24BrNO/c1-4-6-8-12(7-5-2)16-11(3)13-9-10-14(15)17-13/h9-12,16H,4-8H2,1-3H3. The van der Waals surface area contributed by atoms with Gasteiger partial charge in [-0.15, -0.1) is 0 Å². The first kappa shape index (κ1) is 14.8. The van der Waals surface area contributed by atoms with Gasteiger partial charge >= 0.3 is 0 Å². The Kier molecular flexibility index (Phi) is 6.90. The van der Waals surface area contributed by atoms with Gasteiger partial charge < -0.3 is 9.73 Å². The first-order valence-electron chi connectivity index (χ1n) is 6.68. The van der Waals surface area contributed by atoms with Gasteiger partial charge in [0.05, 0.1) is 6.04 Å². The lowest BCUT2D eigenvalue weighted by atomic mass is 10.0. The second-order valence-corrected chi connectivity index (χ2v) is 5.44. The molecule has 0 aliphatic heterocycles. The van der Waals surface area contributed by atoms with E-state index in [4.69, 9.17) is 4.42 Å². The van der Waals surface area contributed by atoms with E-state index in [2.05, 4.69) is 42.0 Å². The molecule has 2 unspecified atom stereocenters.